The maximum Gasteiger partial charge on any atom is 0.417 e. The number of nitriles is 1. The highest BCUT2D eigenvalue weighted by atomic mass is 19.4. The number of hydrogen-bond donors (Lipinski definition) is 0. The minimum atomic E-state index is -4.74. The van der Waals surface area contributed by atoms with Crippen LogP contribution < -0.4 is 0 Å². The van der Waals surface area contributed by atoms with Crippen molar-refractivity contribution in [2.75, 3.05) is 0 Å². The second kappa shape index (κ2) is 4.37. The molecule has 88 valence electrons. The molecule has 0 unspecified atom stereocenters. The highest BCUT2D eigenvalue weighted by Crippen LogP contribution is 2.33. The van der Waals surface area contributed by atoms with E-state index in [1.54, 1.807) is 6.07 Å². The minimum absolute atomic E-state index is 0.00752. The first-order valence-corrected chi connectivity index (χ1v) is 4.42. The van der Waals surface area contributed by atoms with Gasteiger partial charge in [-0.3, -0.25) is 9.59 Å². The van der Waals surface area contributed by atoms with Gasteiger partial charge in [0.25, 0.3) is 0 Å². The van der Waals surface area contributed by atoms with E-state index in [9.17, 15) is 22.8 Å². The zero-order valence-corrected chi connectivity index (χ0v) is 8.63. The molecule has 0 fully saturated rings. The van der Waals surface area contributed by atoms with Crippen molar-refractivity contribution in [3.05, 3.63) is 34.4 Å². The van der Waals surface area contributed by atoms with Gasteiger partial charge in [0, 0.05) is 11.1 Å². The van der Waals surface area contributed by atoms with Crippen LogP contribution in [0.1, 0.15) is 38.8 Å². The van der Waals surface area contributed by atoms with Gasteiger partial charge < -0.3 is 0 Å². The topological polar surface area (TPSA) is 57.9 Å². The van der Waals surface area contributed by atoms with E-state index in [0.29, 0.717) is 6.07 Å². The summed E-state index contributed by atoms with van der Waals surface area (Å²) in [5, 5.41) is 8.68. The summed E-state index contributed by atoms with van der Waals surface area (Å²) in [6.07, 6.45) is -4.73. The van der Waals surface area contributed by atoms with Gasteiger partial charge in [-0.1, -0.05) is 0 Å². The highest BCUT2D eigenvalue weighted by Gasteiger charge is 2.34. The molecule has 0 aromatic heterocycles. The van der Waals surface area contributed by atoms with E-state index in [1.807, 2.05) is 0 Å². The van der Waals surface area contributed by atoms with Gasteiger partial charge in [0.2, 0.25) is 0 Å². The summed E-state index contributed by atoms with van der Waals surface area (Å²) in [5.74, 6) is -0.663. The van der Waals surface area contributed by atoms with Crippen LogP contribution in [0.4, 0.5) is 13.2 Å². The number of hydrogen-bond acceptors (Lipinski definition) is 3. The van der Waals surface area contributed by atoms with E-state index >= 15 is 0 Å². The first kappa shape index (κ1) is 12.9. The van der Waals surface area contributed by atoms with Crippen molar-refractivity contribution in [2.45, 2.75) is 13.1 Å². The van der Waals surface area contributed by atoms with Crippen LogP contribution in [-0.2, 0) is 6.18 Å². The average molecular weight is 241 g/mol. The molecule has 0 N–H and O–H groups in total. The molecule has 0 aliphatic carbocycles. The maximum atomic E-state index is 12.6. The van der Waals surface area contributed by atoms with Crippen molar-refractivity contribution in [3.8, 4) is 6.07 Å². The lowest BCUT2D eigenvalue weighted by atomic mass is 9.97. The van der Waals surface area contributed by atoms with Crippen molar-refractivity contribution in [1.29, 1.82) is 5.26 Å². The molecule has 0 radical (unpaired) electrons. The van der Waals surface area contributed by atoms with Crippen LogP contribution in [0.5, 0.6) is 0 Å². The van der Waals surface area contributed by atoms with E-state index in [1.165, 1.54) is 0 Å². The molecule has 0 atom stereocenters. The maximum absolute atomic E-state index is 12.6. The number of carbonyl (C=O) groups is 2. The standard InChI is InChI=1S/C11H6F3NO2/c1-6(17)9-3-10(11(12,13)14)8(5-16)2-7(9)4-15/h2-3,5H,1H3. The predicted molar refractivity (Wildman–Crippen MR) is 51.6 cm³/mol. The normalized spacial score (nSPS) is 10.8. The molecule has 1 aromatic carbocycles. The minimum Gasteiger partial charge on any atom is -0.298 e. The molecule has 0 spiro atoms. The third kappa shape index (κ3) is 2.50. The Hall–Kier alpha value is -2.16. The molecule has 0 aliphatic rings. The molecule has 17 heavy (non-hydrogen) atoms. The molecule has 1 rings (SSSR count). The van der Waals surface area contributed by atoms with Gasteiger partial charge in [-0.2, -0.15) is 18.4 Å². The van der Waals surface area contributed by atoms with Crippen LogP contribution in [0.25, 0.3) is 0 Å². The number of rotatable bonds is 2. The number of nitrogens with zero attached hydrogens (tertiary/aromatic N) is 1. The number of halogens is 3. The average Bonchev–Trinajstić information content (AvgIpc) is 2.25. The van der Waals surface area contributed by atoms with Crippen molar-refractivity contribution in [1.82, 2.24) is 0 Å². The fourth-order valence-electron chi connectivity index (χ4n) is 1.34. The monoisotopic (exact) mass is 241 g/mol. The van der Waals surface area contributed by atoms with E-state index in [0.717, 1.165) is 13.0 Å². The Balaban J connectivity index is 3.63. The number of Topliss-reactive ketones (excluding diaryl/α,β-unsaturated/α-hetero) is 1. The zero-order chi connectivity index (χ0) is 13.2. The van der Waals surface area contributed by atoms with E-state index < -0.39 is 23.1 Å². The Bertz CT molecular complexity index is 527. The molecule has 0 saturated heterocycles. The van der Waals surface area contributed by atoms with Crippen LogP contribution in [0.2, 0.25) is 0 Å². The summed E-state index contributed by atoms with van der Waals surface area (Å²) in [4.78, 5) is 21.6. The van der Waals surface area contributed by atoms with Gasteiger partial charge in [-0.05, 0) is 19.1 Å². The Kier molecular flexibility index (Phi) is 3.32. The summed E-state index contributed by atoms with van der Waals surface area (Å²) in [6.45, 7) is 1.05. The third-order valence-electron chi connectivity index (χ3n) is 2.12. The summed E-state index contributed by atoms with van der Waals surface area (Å²) >= 11 is 0. The molecule has 0 heterocycles. The lowest BCUT2D eigenvalue weighted by Gasteiger charge is -2.11. The van der Waals surface area contributed by atoms with E-state index in [4.69, 9.17) is 5.26 Å². The first-order valence-electron chi connectivity index (χ1n) is 4.42. The quantitative estimate of drug-likeness (QED) is 0.590. The summed E-state index contributed by atoms with van der Waals surface area (Å²) in [6, 6.07) is 2.89. The second-order valence-electron chi connectivity index (χ2n) is 3.27. The molecule has 0 bridgehead atoms. The Morgan fingerprint density at radius 3 is 2.35 bits per heavy atom. The van der Waals surface area contributed by atoms with Gasteiger partial charge in [0.1, 0.15) is 0 Å². The summed E-state index contributed by atoms with van der Waals surface area (Å²) in [7, 11) is 0. The van der Waals surface area contributed by atoms with Gasteiger partial charge >= 0.3 is 6.18 Å². The molecule has 6 heteroatoms. The number of benzene rings is 1. The number of carbonyl (C=O) groups excluding carboxylic acids is 2. The molecule has 1 aromatic rings. The Morgan fingerprint density at radius 1 is 1.41 bits per heavy atom. The van der Waals surface area contributed by atoms with Crippen molar-refractivity contribution in [2.24, 2.45) is 0 Å². The van der Waals surface area contributed by atoms with Crippen LogP contribution in [0.3, 0.4) is 0 Å². The molecule has 0 saturated carbocycles. The second-order valence-corrected chi connectivity index (χ2v) is 3.27. The van der Waals surface area contributed by atoms with Crippen molar-refractivity contribution in [3.63, 3.8) is 0 Å². The lowest BCUT2D eigenvalue weighted by molar-refractivity contribution is -0.137. The summed E-state index contributed by atoms with van der Waals surface area (Å²) in [5.41, 5.74) is -2.45. The van der Waals surface area contributed by atoms with Gasteiger partial charge in [-0.25, -0.2) is 0 Å². The molecular formula is C11H6F3NO2. The van der Waals surface area contributed by atoms with Crippen LogP contribution >= 0.6 is 0 Å². The zero-order valence-electron chi connectivity index (χ0n) is 8.63. The van der Waals surface area contributed by atoms with Gasteiger partial charge in [-0.15, -0.1) is 0 Å². The van der Waals surface area contributed by atoms with Gasteiger partial charge in [0.05, 0.1) is 17.2 Å². The molecule has 3 nitrogen and oxygen atoms in total. The molecule has 0 amide bonds. The van der Waals surface area contributed by atoms with Crippen molar-refractivity contribution >= 4 is 12.1 Å². The third-order valence-corrected chi connectivity index (χ3v) is 2.12. The fourth-order valence-corrected chi connectivity index (χ4v) is 1.34. The smallest absolute Gasteiger partial charge is 0.298 e. The van der Waals surface area contributed by atoms with Gasteiger partial charge in [0.15, 0.2) is 12.1 Å². The predicted octanol–water partition coefficient (Wildman–Crippen LogP) is 2.59. The Labute approximate surface area is 94.5 Å². The molecule has 0 aliphatic heterocycles. The lowest BCUT2D eigenvalue weighted by Crippen LogP contribution is -2.12. The largest absolute Gasteiger partial charge is 0.417 e. The SMILES string of the molecule is CC(=O)c1cc(C(F)(F)F)c(C=O)cc1C#N. The van der Waals surface area contributed by atoms with Crippen molar-refractivity contribution < 1.29 is 22.8 Å². The number of alkyl halides is 3. The van der Waals surface area contributed by atoms with E-state index in [2.05, 4.69) is 0 Å². The van der Waals surface area contributed by atoms with Crippen LogP contribution in [0.15, 0.2) is 12.1 Å². The number of ketones is 1. The Morgan fingerprint density at radius 2 is 2.00 bits per heavy atom. The highest BCUT2D eigenvalue weighted by molar-refractivity contribution is 5.98. The van der Waals surface area contributed by atoms with Crippen LogP contribution in [0, 0.1) is 11.3 Å². The van der Waals surface area contributed by atoms with E-state index in [-0.39, 0.29) is 17.4 Å². The van der Waals surface area contributed by atoms with Crippen LogP contribution in [-0.4, -0.2) is 12.1 Å². The summed E-state index contributed by atoms with van der Waals surface area (Å²) < 4.78 is 37.7. The fraction of sp³-hybridized carbons (Fsp3) is 0.182. The first-order chi connectivity index (χ1) is 7.81. The number of aldehydes is 1. The molecular weight excluding hydrogens is 235 g/mol.